The summed E-state index contributed by atoms with van der Waals surface area (Å²) in [7, 11) is 0. The molecule has 1 aromatic rings. The van der Waals surface area contributed by atoms with Crippen LogP contribution in [0.1, 0.15) is 6.92 Å². The van der Waals surface area contributed by atoms with Gasteiger partial charge in [0.15, 0.2) is 18.2 Å². The minimum absolute atomic E-state index is 0.171. The topological polar surface area (TPSA) is 95.1 Å². The second kappa shape index (κ2) is 7.17. The summed E-state index contributed by atoms with van der Waals surface area (Å²) < 4.78 is 40.9. The van der Waals surface area contributed by atoms with Crippen LogP contribution in [0.5, 0.6) is 5.75 Å². The Kier molecular flexibility index (Phi) is 5.24. The Morgan fingerprint density at radius 2 is 2.17 bits per heavy atom. The van der Waals surface area contributed by atoms with Crippen LogP contribution < -0.4 is 20.9 Å². The van der Waals surface area contributed by atoms with Gasteiger partial charge in [-0.05, 0) is 19.1 Å². The summed E-state index contributed by atoms with van der Waals surface area (Å²) >= 11 is 0. The molecule has 2 rings (SSSR count). The fourth-order valence-electron chi connectivity index (χ4n) is 1.90. The monoisotopic (exact) mass is 345 g/mol. The molecule has 0 aromatic heterocycles. The number of nitrogens with zero attached hydrogens (tertiary/aromatic N) is 2. The number of hydrogen-bond donors (Lipinski definition) is 3. The third-order valence-electron chi connectivity index (χ3n) is 2.86. The predicted molar refractivity (Wildman–Crippen MR) is 78.1 cm³/mol. The molecule has 0 bridgehead atoms. The standard InChI is InChI=1S/C13H14F3N5O3/c1-8-6-21(11(7-22)19-18-8)20-12(23)17-9-4-2-3-5-10(9)24-13(14,15)16/h2-5,7,11,19H,6H2,1H3,(H2,17,20,23). The number of nitrogens with one attached hydrogen (secondary N) is 3. The number of alkyl halides is 3. The third kappa shape index (κ3) is 4.84. The van der Waals surface area contributed by atoms with Crippen LogP contribution >= 0.6 is 0 Å². The van der Waals surface area contributed by atoms with E-state index in [0.717, 1.165) is 6.07 Å². The molecule has 1 unspecified atom stereocenters. The van der Waals surface area contributed by atoms with Crippen LogP contribution in [0.3, 0.4) is 0 Å². The summed E-state index contributed by atoms with van der Waals surface area (Å²) in [6, 6.07) is 4.25. The van der Waals surface area contributed by atoms with Crippen LogP contribution in [-0.2, 0) is 4.79 Å². The molecule has 1 aromatic carbocycles. The molecule has 0 aliphatic carbocycles. The normalized spacial score (nSPS) is 18.2. The van der Waals surface area contributed by atoms with Gasteiger partial charge in [-0.1, -0.05) is 12.1 Å². The highest BCUT2D eigenvalue weighted by Crippen LogP contribution is 2.29. The van der Waals surface area contributed by atoms with Crippen LogP contribution in [0.4, 0.5) is 23.7 Å². The number of rotatable bonds is 4. The Morgan fingerprint density at radius 1 is 1.46 bits per heavy atom. The second-order valence-corrected chi connectivity index (χ2v) is 4.79. The molecular weight excluding hydrogens is 331 g/mol. The summed E-state index contributed by atoms with van der Waals surface area (Å²) in [5, 5.41) is 7.34. The fraction of sp³-hybridized carbons (Fsp3) is 0.308. The first-order valence-electron chi connectivity index (χ1n) is 6.71. The van der Waals surface area contributed by atoms with E-state index in [9.17, 15) is 22.8 Å². The van der Waals surface area contributed by atoms with Crippen molar-refractivity contribution >= 4 is 23.7 Å². The molecule has 11 heteroatoms. The molecule has 0 saturated carbocycles. The number of hydrogen-bond acceptors (Lipinski definition) is 6. The van der Waals surface area contributed by atoms with Crippen molar-refractivity contribution in [2.24, 2.45) is 5.10 Å². The van der Waals surface area contributed by atoms with Crippen molar-refractivity contribution in [3.05, 3.63) is 24.3 Å². The first kappa shape index (κ1) is 17.5. The van der Waals surface area contributed by atoms with Crippen molar-refractivity contribution < 1.29 is 27.5 Å². The molecule has 2 amide bonds. The lowest BCUT2D eigenvalue weighted by Gasteiger charge is -2.31. The number of hydrazone groups is 1. The lowest BCUT2D eigenvalue weighted by Crippen LogP contribution is -2.59. The number of ether oxygens (including phenoxy) is 1. The molecule has 130 valence electrons. The number of para-hydroxylation sites is 2. The van der Waals surface area contributed by atoms with Crippen LogP contribution in [0.25, 0.3) is 0 Å². The van der Waals surface area contributed by atoms with Crippen molar-refractivity contribution in [1.29, 1.82) is 0 Å². The van der Waals surface area contributed by atoms with E-state index < -0.39 is 24.3 Å². The smallest absolute Gasteiger partial charge is 0.404 e. The number of carbonyl (C=O) groups excluding carboxylic acids is 2. The molecule has 3 N–H and O–H groups in total. The minimum Gasteiger partial charge on any atom is -0.404 e. The van der Waals surface area contributed by atoms with Gasteiger partial charge in [-0.15, -0.1) is 13.2 Å². The molecule has 8 nitrogen and oxygen atoms in total. The van der Waals surface area contributed by atoms with E-state index in [0.29, 0.717) is 12.0 Å². The summed E-state index contributed by atoms with van der Waals surface area (Å²) in [4.78, 5) is 22.9. The maximum Gasteiger partial charge on any atom is 0.573 e. The predicted octanol–water partition coefficient (Wildman–Crippen LogP) is 1.43. The molecule has 1 aliphatic rings. The fourth-order valence-corrected chi connectivity index (χ4v) is 1.90. The number of amides is 2. The molecule has 1 heterocycles. The Morgan fingerprint density at radius 3 is 2.83 bits per heavy atom. The van der Waals surface area contributed by atoms with Crippen molar-refractivity contribution in [1.82, 2.24) is 15.9 Å². The maximum atomic E-state index is 12.4. The highest BCUT2D eigenvalue weighted by Gasteiger charge is 2.32. The van der Waals surface area contributed by atoms with E-state index in [1.165, 1.54) is 23.2 Å². The molecule has 24 heavy (non-hydrogen) atoms. The van der Waals surface area contributed by atoms with E-state index in [4.69, 9.17) is 0 Å². The number of hydrazine groups is 1. The lowest BCUT2D eigenvalue weighted by atomic mass is 10.3. The number of carbonyl (C=O) groups is 2. The summed E-state index contributed by atoms with van der Waals surface area (Å²) in [5.41, 5.74) is 5.30. The zero-order valence-electron chi connectivity index (χ0n) is 12.4. The van der Waals surface area contributed by atoms with Crippen LogP contribution in [-0.4, -0.2) is 42.1 Å². The van der Waals surface area contributed by atoms with E-state index in [2.05, 4.69) is 26.0 Å². The minimum atomic E-state index is -4.89. The summed E-state index contributed by atoms with van der Waals surface area (Å²) in [6.07, 6.45) is -5.25. The van der Waals surface area contributed by atoms with E-state index >= 15 is 0 Å². The third-order valence-corrected chi connectivity index (χ3v) is 2.86. The highest BCUT2D eigenvalue weighted by atomic mass is 19.4. The van der Waals surface area contributed by atoms with E-state index in [1.54, 1.807) is 6.92 Å². The molecular formula is C13H14F3N5O3. The van der Waals surface area contributed by atoms with Crippen LogP contribution in [0.15, 0.2) is 29.4 Å². The van der Waals surface area contributed by atoms with Gasteiger partial charge in [-0.3, -0.25) is 15.6 Å². The second-order valence-electron chi connectivity index (χ2n) is 4.79. The van der Waals surface area contributed by atoms with Crippen LogP contribution in [0.2, 0.25) is 0 Å². The van der Waals surface area contributed by atoms with Gasteiger partial charge < -0.3 is 10.1 Å². The van der Waals surface area contributed by atoms with Crippen molar-refractivity contribution in [2.45, 2.75) is 19.5 Å². The summed E-state index contributed by atoms with van der Waals surface area (Å²) in [6.45, 7) is 1.84. The van der Waals surface area contributed by atoms with Crippen molar-refractivity contribution in [2.75, 3.05) is 11.9 Å². The Labute approximate surface area is 134 Å². The zero-order chi connectivity index (χ0) is 17.7. The van der Waals surface area contributed by atoms with Crippen molar-refractivity contribution in [3.8, 4) is 5.75 Å². The van der Waals surface area contributed by atoms with Gasteiger partial charge in [0.25, 0.3) is 0 Å². The molecule has 0 radical (unpaired) electrons. The SMILES string of the molecule is CC1=NNC(C=O)N(NC(=O)Nc2ccccc2OC(F)(F)F)C1. The number of benzene rings is 1. The van der Waals surface area contributed by atoms with Gasteiger partial charge in [0, 0.05) is 0 Å². The van der Waals surface area contributed by atoms with Gasteiger partial charge in [-0.25, -0.2) is 4.79 Å². The number of urea groups is 1. The average Bonchev–Trinajstić information content (AvgIpc) is 2.48. The lowest BCUT2D eigenvalue weighted by molar-refractivity contribution is -0.274. The van der Waals surface area contributed by atoms with Gasteiger partial charge >= 0.3 is 12.4 Å². The molecule has 1 aliphatic heterocycles. The molecule has 0 saturated heterocycles. The highest BCUT2D eigenvalue weighted by molar-refractivity contribution is 5.91. The van der Waals surface area contributed by atoms with Crippen molar-refractivity contribution in [3.63, 3.8) is 0 Å². The number of anilines is 1. The Bertz CT molecular complexity index is 650. The molecule has 0 spiro atoms. The quantitative estimate of drug-likeness (QED) is 0.718. The van der Waals surface area contributed by atoms with Gasteiger partial charge in [-0.2, -0.15) is 10.1 Å². The first-order chi connectivity index (χ1) is 11.3. The average molecular weight is 345 g/mol. The largest absolute Gasteiger partial charge is 0.573 e. The van der Waals surface area contributed by atoms with E-state index in [-0.39, 0.29) is 12.2 Å². The van der Waals surface area contributed by atoms with Gasteiger partial charge in [0.1, 0.15) is 0 Å². The zero-order valence-corrected chi connectivity index (χ0v) is 12.4. The van der Waals surface area contributed by atoms with E-state index in [1.807, 2.05) is 0 Å². The maximum absolute atomic E-state index is 12.4. The van der Waals surface area contributed by atoms with Gasteiger partial charge in [0.2, 0.25) is 0 Å². The molecule has 1 atom stereocenters. The Balaban J connectivity index is 2.05. The molecule has 0 fully saturated rings. The first-order valence-corrected chi connectivity index (χ1v) is 6.71. The van der Waals surface area contributed by atoms with Crippen LogP contribution in [0, 0.1) is 0 Å². The Hall–Kier alpha value is -2.82. The van der Waals surface area contributed by atoms with Gasteiger partial charge in [0.05, 0.1) is 17.9 Å². The number of aldehydes is 1. The summed E-state index contributed by atoms with van der Waals surface area (Å²) in [5.74, 6) is -0.554. The number of halogens is 3.